The van der Waals surface area contributed by atoms with Crippen LogP contribution in [0.5, 0.6) is 0 Å². The van der Waals surface area contributed by atoms with Gasteiger partial charge in [0.1, 0.15) is 0 Å². The van der Waals surface area contributed by atoms with Crippen molar-refractivity contribution in [1.82, 2.24) is 10.2 Å². The minimum atomic E-state index is -0.763. The molecule has 1 heterocycles. The van der Waals surface area contributed by atoms with Gasteiger partial charge in [-0.05, 0) is 19.8 Å². The molecule has 17 heavy (non-hydrogen) atoms. The Labute approximate surface area is 101 Å². The molecule has 0 bridgehead atoms. The number of hydrogen-bond acceptors (Lipinski definition) is 3. The Morgan fingerprint density at radius 3 is 2.59 bits per heavy atom. The van der Waals surface area contributed by atoms with Gasteiger partial charge in [-0.2, -0.15) is 0 Å². The van der Waals surface area contributed by atoms with E-state index in [1.54, 1.807) is 4.90 Å². The van der Waals surface area contributed by atoms with E-state index in [1.165, 1.54) is 0 Å². The topological polar surface area (TPSA) is 78.9 Å². The maximum atomic E-state index is 11.6. The van der Waals surface area contributed by atoms with E-state index in [-0.39, 0.29) is 11.9 Å². The standard InChI is InChI=1S/C11H20N2O4/c1-2-17-8-5-12-11(16)13-6-3-9(4-7-13)10(14)15/h9H,2-8H2,1H3,(H,12,16)(H,14,15). The summed E-state index contributed by atoms with van der Waals surface area (Å²) in [5.74, 6) is -1.07. The number of amides is 2. The zero-order chi connectivity index (χ0) is 12.7. The van der Waals surface area contributed by atoms with E-state index >= 15 is 0 Å². The van der Waals surface area contributed by atoms with Gasteiger partial charge in [-0.1, -0.05) is 0 Å². The lowest BCUT2D eigenvalue weighted by atomic mass is 9.97. The first-order chi connectivity index (χ1) is 8.15. The van der Waals surface area contributed by atoms with Crippen molar-refractivity contribution in [2.75, 3.05) is 32.8 Å². The first-order valence-electron chi connectivity index (χ1n) is 5.98. The van der Waals surface area contributed by atoms with Crippen LogP contribution >= 0.6 is 0 Å². The van der Waals surface area contributed by atoms with Crippen molar-refractivity contribution in [3.8, 4) is 0 Å². The first kappa shape index (κ1) is 13.8. The minimum absolute atomic E-state index is 0.131. The number of carboxylic acid groups (broad SMARTS) is 1. The number of ether oxygens (including phenoxy) is 1. The molecule has 98 valence electrons. The van der Waals surface area contributed by atoms with Gasteiger partial charge in [-0.15, -0.1) is 0 Å². The summed E-state index contributed by atoms with van der Waals surface area (Å²) in [5, 5.41) is 11.6. The smallest absolute Gasteiger partial charge is 0.317 e. The number of hydrogen-bond donors (Lipinski definition) is 2. The Balaban J connectivity index is 2.19. The molecule has 0 aromatic carbocycles. The number of urea groups is 1. The lowest BCUT2D eigenvalue weighted by Gasteiger charge is -2.30. The monoisotopic (exact) mass is 244 g/mol. The van der Waals surface area contributed by atoms with Crippen molar-refractivity contribution in [2.45, 2.75) is 19.8 Å². The zero-order valence-corrected chi connectivity index (χ0v) is 10.1. The van der Waals surface area contributed by atoms with E-state index in [4.69, 9.17) is 9.84 Å². The second-order valence-electron chi connectivity index (χ2n) is 4.03. The molecule has 0 aromatic rings. The molecule has 1 rings (SSSR count). The molecule has 6 nitrogen and oxygen atoms in total. The van der Waals surface area contributed by atoms with Crippen LogP contribution in [0.3, 0.4) is 0 Å². The molecule has 0 aromatic heterocycles. The van der Waals surface area contributed by atoms with Crippen LogP contribution in [-0.4, -0.2) is 54.9 Å². The fourth-order valence-corrected chi connectivity index (χ4v) is 1.82. The van der Waals surface area contributed by atoms with E-state index in [9.17, 15) is 9.59 Å². The Morgan fingerprint density at radius 1 is 1.41 bits per heavy atom. The van der Waals surface area contributed by atoms with E-state index in [0.717, 1.165) is 0 Å². The molecule has 2 N–H and O–H groups in total. The molecule has 2 amide bonds. The minimum Gasteiger partial charge on any atom is -0.481 e. The van der Waals surface area contributed by atoms with Crippen molar-refractivity contribution in [3.05, 3.63) is 0 Å². The molecular formula is C11H20N2O4. The highest BCUT2D eigenvalue weighted by Crippen LogP contribution is 2.16. The maximum absolute atomic E-state index is 11.6. The quantitative estimate of drug-likeness (QED) is 0.691. The zero-order valence-electron chi connectivity index (χ0n) is 10.1. The number of carbonyl (C=O) groups excluding carboxylic acids is 1. The lowest BCUT2D eigenvalue weighted by molar-refractivity contribution is -0.143. The van der Waals surface area contributed by atoms with E-state index in [1.807, 2.05) is 6.92 Å². The number of rotatable bonds is 5. The second kappa shape index (κ2) is 7.11. The van der Waals surface area contributed by atoms with Crippen LogP contribution in [0.1, 0.15) is 19.8 Å². The lowest BCUT2D eigenvalue weighted by Crippen LogP contribution is -2.46. The molecule has 0 radical (unpaired) electrons. The molecule has 0 spiro atoms. The summed E-state index contributed by atoms with van der Waals surface area (Å²) >= 11 is 0. The van der Waals surface area contributed by atoms with Crippen LogP contribution < -0.4 is 5.32 Å². The van der Waals surface area contributed by atoms with Crippen molar-refractivity contribution in [1.29, 1.82) is 0 Å². The summed E-state index contributed by atoms with van der Waals surface area (Å²) < 4.78 is 5.11. The summed E-state index contributed by atoms with van der Waals surface area (Å²) in [6.07, 6.45) is 1.07. The third kappa shape index (κ3) is 4.60. The molecule has 1 fully saturated rings. The molecule has 6 heteroatoms. The Bertz CT molecular complexity index is 262. The number of carboxylic acids is 1. The number of nitrogens with zero attached hydrogens (tertiary/aromatic N) is 1. The summed E-state index contributed by atoms with van der Waals surface area (Å²) in [5.41, 5.74) is 0. The van der Waals surface area contributed by atoms with Gasteiger partial charge in [0, 0.05) is 26.2 Å². The van der Waals surface area contributed by atoms with Crippen molar-refractivity contribution in [3.63, 3.8) is 0 Å². The third-order valence-electron chi connectivity index (χ3n) is 2.86. The average Bonchev–Trinajstić information content (AvgIpc) is 2.34. The summed E-state index contributed by atoms with van der Waals surface area (Å²) in [6, 6.07) is -0.131. The van der Waals surface area contributed by atoms with E-state index in [2.05, 4.69) is 5.32 Å². The fraction of sp³-hybridized carbons (Fsp3) is 0.818. The van der Waals surface area contributed by atoms with Crippen LogP contribution in [0.4, 0.5) is 4.79 Å². The van der Waals surface area contributed by atoms with Gasteiger partial charge in [-0.3, -0.25) is 4.79 Å². The van der Waals surface area contributed by atoms with Crippen molar-refractivity contribution >= 4 is 12.0 Å². The molecule has 0 unspecified atom stereocenters. The van der Waals surface area contributed by atoms with Gasteiger partial charge in [-0.25, -0.2) is 4.79 Å². The van der Waals surface area contributed by atoms with Gasteiger partial charge in [0.05, 0.1) is 12.5 Å². The van der Waals surface area contributed by atoms with Crippen LogP contribution in [0.2, 0.25) is 0 Å². The predicted octanol–water partition coefficient (Wildman–Crippen LogP) is 0.529. The highest BCUT2D eigenvalue weighted by Gasteiger charge is 2.26. The molecule has 0 aliphatic carbocycles. The molecule has 1 aliphatic rings. The van der Waals surface area contributed by atoms with Crippen LogP contribution in [0.25, 0.3) is 0 Å². The van der Waals surface area contributed by atoms with E-state index in [0.29, 0.717) is 45.7 Å². The normalized spacial score (nSPS) is 16.9. The Kier molecular flexibility index (Phi) is 5.76. The van der Waals surface area contributed by atoms with E-state index < -0.39 is 5.97 Å². The van der Waals surface area contributed by atoms with Crippen molar-refractivity contribution < 1.29 is 19.4 Å². The van der Waals surface area contributed by atoms with Gasteiger partial charge in [0.2, 0.25) is 0 Å². The predicted molar refractivity (Wildman–Crippen MR) is 61.8 cm³/mol. The number of carbonyl (C=O) groups is 2. The molecule has 0 saturated carbocycles. The van der Waals surface area contributed by atoms with Crippen LogP contribution in [0.15, 0.2) is 0 Å². The van der Waals surface area contributed by atoms with Gasteiger partial charge in [0.15, 0.2) is 0 Å². The molecule has 1 saturated heterocycles. The largest absolute Gasteiger partial charge is 0.481 e. The average molecular weight is 244 g/mol. The number of piperidine rings is 1. The summed E-state index contributed by atoms with van der Waals surface area (Å²) in [7, 11) is 0. The van der Waals surface area contributed by atoms with Crippen LogP contribution in [0, 0.1) is 5.92 Å². The third-order valence-corrected chi connectivity index (χ3v) is 2.86. The summed E-state index contributed by atoms with van der Waals surface area (Å²) in [4.78, 5) is 24.0. The van der Waals surface area contributed by atoms with Crippen molar-refractivity contribution in [2.24, 2.45) is 5.92 Å². The number of nitrogens with one attached hydrogen (secondary N) is 1. The molecule has 0 atom stereocenters. The summed E-state index contributed by atoms with van der Waals surface area (Å²) in [6.45, 7) is 4.56. The van der Waals surface area contributed by atoms with Gasteiger partial charge in [0.25, 0.3) is 0 Å². The Morgan fingerprint density at radius 2 is 2.06 bits per heavy atom. The first-order valence-corrected chi connectivity index (χ1v) is 5.98. The van der Waals surface area contributed by atoms with Gasteiger partial charge < -0.3 is 20.1 Å². The van der Waals surface area contributed by atoms with Crippen LogP contribution in [-0.2, 0) is 9.53 Å². The number of likely N-dealkylation sites (tertiary alicyclic amines) is 1. The number of aliphatic carboxylic acids is 1. The Hall–Kier alpha value is -1.30. The SMILES string of the molecule is CCOCCNC(=O)N1CCC(C(=O)O)CC1. The molecular weight excluding hydrogens is 224 g/mol. The fourth-order valence-electron chi connectivity index (χ4n) is 1.82. The van der Waals surface area contributed by atoms with Gasteiger partial charge >= 0.3 is 12.0 Å². The highest BCUT2D eigenvalue weighted by molar-refractivity contribution is 5.75. The molecule has 1 aliphatic heterocycles. The second-order valence-corrected chi connectivity index (χ2v) is 4.03. The maximum Gasteiger partial charge on any atom is 0.317 e. The highest BCUT2D eigenvalue weighted by atomic mass is 16.5.